The summed E-state index contributed by atoms with van der Waals surface area (Å²) in [6, 6.07) is 4.38. The molecule has 1 atom stereocenters. The summed E-state index contributed by atoms with van der Waals surface area (Å²) in [6.07, 6.45) is 2.27. The first-order valence-electron chi connectivity index (χ1n) is 5.97. The number of ether oxygens (including phenoxy) is 2. The van der Waals surface area contributed by atoms with Crippen LogP contribution in [0.2, 0.25) is 0 Å². The first-order valence-corrected chi connectivity index (χ1v) is 5.97. The van der Waals surface area contributed by atoms with Crippen molar-refractivity contribution in [3.05, 3.63) is 40.0 Å². The van der Waals surface area contributed by atoms with E-state index in [1.807, 2.05) is 0 Å². The van der Waals surface area contributed by atoms with Gasteiger partial charge in [-0.25, -0.2) is 0 Å². The van der Waals surface area contributed by atoms with E-state index in [1.54, 1.807) is 14.2 Å². The molecule has 1 aliphatic carbocycles. The summed E-state index contributed by atoms with van der Waals surface area (Å²) in [5.41, 5.74) is 6.77. The lowest BCUT2D eigenvalue weighted by atomic mass is 9.91. The summed E-state index contributed by atoms with van der Waals surface area (Å²) in [4.78, 5) is 0. The maximum absolute atomic E-state index is 5.36. The zero-order valence-electron chi connectivity index (χ0n) is 11.0. The van der Waals surface area contributed by atoms with Crippen LogP contribution in [0, 0.1) is 13.8 Å². The van der Waals surface area contributed by atoms with Crippen molar-refractivity contribution < 1.29 is 9.47 Å². The van der Waals surface area contributed by atoms with Crippen molar-refractivity contribution in [2.24, 2.45) is 0 Å². The first kappa shape index (κ1) is 12.3. The molecule has 92 valence electrons. The number of fused-ring (bicyclic) bond motifs is 1. The van der Waals surface area contributed by atoms with Crippen LogP contribution < -0.4 is 0 Å². The number of aryl methyl sites for hydroxylation is 2. The predicted molar refractivity (Wildman–Crippen MR) is 70.4 cm³/mol. The van der Waals surface area contributed by atoms with E-state index in [-0.39, 0.29) is 0 Å². The number of methoxy groups -OCH3 is 2. The third kappa shape index (κ3) is 2.15. The Morgan fingerprint density at radius 1 is 1.06 bits per heavy atom. The summed E-state index contributed by atoms with van der Waals surface area (Å²) in [6.45, 7) is 5.74. The molecule has 1 aliphatic rings. The van der Waals surface area contributed by atoms with E-state index in [0.717, 1.165) is 6.61 Å². The molecule has 0 amide bonds. The van der Waals surface area contributed by atoms with Crippen LogP contribution in [0.5, 0.6) is 0 Å². The highest BCUT2D eigenvalue weighted by atomic mass is 16.5. The van der Waals surface area contributed by atoms with Crippen molar-refractivity contribution in [3.8, 4) is 0 Å². The van der Waals surface area contributed by atoms with Crippen LogP contribution in [0.25, 0.3) is 6.08 Å². The first-order chi connectivity index (χ1) is 8.19. The lowest BCUT2D eigenvalue weighted by molar-refractivity contribution is 0.174. The molecule has 0 saturated carbocycles. The van der Waals surface area contributed by atoms with Gasteiger partial charge in [-0.3, -0.25) is 0 Å². The summed E-state index contributed by atoms with van der Waals surface area (Å²) in [7, 11) is 3.50. The van der Waals surface area contributed by atoms with Crippen molar-refractivity contribution in [1.29, 1.82) is 0 Å². The van der Waals surface area contributed by atoms with Crippen molar-refractivity contribution >= 4 is 6.08 Å². The molecule has 0 spiro atoms. The van der Waals surface area contributed by atoms with Gasteiger partial charge in [0.15, 0.2) is 0 Å². The average Bonchev–Trinajstić information content (AvgIpc) is 2.66. The van der Waals surface area contributed by atoms with Gasteiger partial charge in [0, 0.05) is 20.1 Å². The van der Waals surface area contributed by atoms with Gasteiger partial charge in [0.1, 0.15) is 0 Å². The molecule has 0 N–H and O–H groups in total. The van der Waals surface area contributed by atoms with E-state index in [2.05, 4.69) is 32.1 Å². The largest absolute Gasteiger partial charge is 0.384 e. The SMILES string of the molecule is COCC1=Cc2c(C)ccc(C)c2C1COC. The smallest absolute Gasteiger partial charge is 0.0683 e. The zero-order valence-corrected chi connectivity index (χ0v) is 11.0. The third-order valence-electron chi connectivity index (χ3n) is 3.49. The Hall–Kier alpha value is -1.12. The van der Waals surface area contributed by atoms with Crippen LogP contribution in [0.1, 0.15) is 28.2 Å². The Morgan fingerprint density at radius 3 is 2.41 bits per heavy atom. The monoisotopic (exact) mass is 232 g/mol. The van der Waals surface area contributed by atoms with Gasteiger partial charge < -0.3 is 9.47 Å². The number of rotatable bonds is 4. The average molecular weight is 232 g/mol. The highest BCUT2D eigenvalue weighted by Crippen LogP contribution is 2.39. The minimum absolute atomic E-state index is 0.356. The maximum Gasteiger partial charge on any atom is 0.0683 e. The molecule has 0 aromatic heterocycles. The quantitative estimate of drug-likeness (QED) is 0.794. The topological polar surface area (TPSA) is 18.5 Å². The molecule has 0 fully saturated rings. The minimum Gasteiger partial charge on any atom is -0.384 e. The van der Waals surface area contributed by atoms with E-state index in [0.29, 0.717) is 12.5 Å². The molecule has 1 aromatic carbocycles. The molecule has 1 unspecified atom stereocenters. The second-order valence-corrected chi connectivity index (χ2v) is 4.69. The molecule has 0 saturated heterocycles. The van der Waals surface area contributed by atoms with Crippen molar-refractivity contribution in [2.45, 2.75) is 19.8 Å². The molecule has 0 radical (unpaired) electrons. The molecular weight excluding hydrogens is 212 g/mol. The van der Waals surface area contributed by atoms with Crippen LogP contribution in [-0.4, -0.2) is 27.4 Å². The van der Waals surface area contributed by atoms with Gasteiger partial charge >= 0.3 is 0 Å². The molecule has 0 aliphatic heterocycles. The minimum atomic E-state index is 0.356. The third-order valence-corrected chi connectivity index (χ3v) is 3.49. The fourth-order valence-electron chi connectivity index (χ4n) is 2.65. The second kappa shape index (κ2) is 5.03. The van der Waals surface area contributed by atoms with Gasteiger partial charge in [-0.15, -0.1) is 0 Å². The summed E-state index contributed by atoms with van der Waals surface area (Å²) < 4.78 is 10.6. The fraction of sp³-hybridized carbons (Fsp3) is 0.467. The Morgan fingerprint density at radius 2 is 1.76 bits per heavy atom. The van der Waals surface area contributed by atoms with Gasteiger partial charge in [-0.05, 0) is 41.7 Å². The zero-order chi connectivity index (χ0) is 12.4. The second-order valence-electron chi connectivity index (χ2n) is 4.69. The van der Waals surface area contributed by atoms with E-state index in [1.165, 1.54) is 27.8 Å². The molecule has 2 rings (SSSR count). The van der Waals surface area contributed by atoms with E-state index in [4.69, 9.17) is 9.47 Å². The molecular formula is C15H20O2. The van der Waals surface area contributed by atoms with Crippen molar-refractivity contribution in [1.82, 2.24) is 0 Å². The van der Waals surface area contributed by atoms with Crippen LogP contribution in [0.3, 0.4) is 0 Å². The molecule has 0 heterocycles. The van der Waals surface area contributed by atoms with Gasteiger partial charge in [0.2, 0.25) is 0 Å². The standard InChI is InChI=1S/C15H20O2/c1-10-5-6-11(2)15-13(10)7-12(8-16-3)14(15)9-17-4/h5-7,14H,8-9H2,1-4H3. The van der Waals surface area contributed by atoms with E-state index in [9.17, 15) is 0 Å². The van der Waals surface area contributed by atoms with Crippen LogP contribution in [0.15, 0.2) is 17.7 Å². The molecule has 17 heavy (non-hydrogen) atoms. The molecule has 2 nitrogen and oxygen atoms in total. The Bertz CT molecular complexity index is 446. The van der Waals surface area contributed by atoms with Crippen molar-refractivity contribution in [2.75, 3.05) is 27.4 Å². The fourth-order valence-corrected chi connectivity index (χ4v) is 2.65. The highest BCUT2D eigenvalue weighted by Gasteiger charge is 2.27. The van der Waals surface area contributed by atoms with Crippen molar-refractivity contribution in [3.63, 3.8) is 0 Å². The van der Waals surface area contributed by atoms with Crippen LogP contribution >= 0.6 is 0 Å². The number of benzene rings is 1. The van der Waals surface area contributed by atoms with Gasteiger partial charge in [0.05, 0.1) is 13.2 Å². The maximum atomic E-state index is 5.36. The van der Waals surface area contributed by atoms with E-state index >= 15 is 0 Å². The summed E-state index contributed by atoms with van der Waals surface area (Å²) in [5.74, 6) is 0.356. The lowest BCUT2D eigenvalue weighted by Gasteiger charge is -2.18. The predicted octanol–water partition coefficient (Wildman–Crippen LogP) is 3.08. The Kier molecular flexibility index (Phi) is 3.65. The highest BCUT2D eigenvalue weighted by molar-refractivity contribution is 5.71. The van der Waals surface area contributed by atoms with Crippen LogP contribution in [-0.2, 0) is 9.47 Å². The lowest BCUT2D eigenvalue weighted by Crippen LogP contribution is -2.11. The van der Waals surface area contributed by atoms with Crippen LogP contribution in [0.4, 0.5) is 0 Å². The Balaban J connectivity index is 2.46. The van der Waals surface area contributed by atoms with Gasteiger partial charge in [0.25, 0.3) is 0 Å². The van der Waals surface area contributed by atoms with E-state index < -0.39 is 0 Å². The van der Waals surface area contributed by atoms with Gasteiger partial charge in [-0.2, -0.15) is 0 Å². The number of hydrogen-bond acceptors (Lipinski definition) is 2. The molecule has 2 heteroatoms. The number of hydrogen-bond donors (Lipinski definition) is 0. The van der Waals surface area contributed by atoms with Gasteiger partial charge in [-0.1, -0.05) is 18.2 Å². The summed E-state index contributed by atoms with van der Waals surface area (Å²) >= 11 is 0. The summed E-state index contributed by atoms with van der Waals surface area (Å²) in [5, 5.41) is 0. The Labute approximate surface area is 103 Å². The molecule has 1 aromatic rings. The normalized spacial score (nSPS) is 18.1. The molecule has 0 bridgehead atoms.